The molecule has 3 heterocycles. The summed E-state index contributed by atoms with van der Waals surface area (Å²) in [6.45, 7) is 10.5. The zero-order chi connectivity index (χ0) is 19.0. The van der Waals surface area contributed by atoms with Crippen LogP contribution >= 0.6 is 0 Å². The van der Waals surface area contributed by atoms with Crippen molar-refractivity contribution in [3.63, 3.8) is 0 Å². The van der Waals surface area contributed by atoms with Gasteiger partial charge in [-0.2, -0.15) is 0 Å². The van der Waals surface area contributed by atoms with Gasteiger partial charge in [-0.15, -0.1) is 5.10 Å². The molecule has 1 aliphatic rings. The third kappa shape index (κ3) is 3.57. The molecule has 1 aromatic carbocycles. The fraction of sp³-hybridized carbons (Fsp3) is 0.500. The molecule has 1 fully saturated rings. The van der Waals surface area contributed by atoms with E-state index in [4.69, 9.17) is 0 Å². The van der Waals surface area contributed by atoms with Crippen LogP contribution in [0.1, 0.15) is 38.2 Å². The summed E-state index contributed by atoms with van der Waals surface area (Å²) in [5, 5.41) is 13.9. The summed E-state index contributed by atoms with van der Waals surface area (Å²) in [6.07, 6.45) is 1.83. The summed E-state index contributed by atoms with van der Waals surface area (Å²) < 4.78 is 1.96. The van der Waals surface area contributed by atoms with Crippen LogP contribution in [-0.2, 0) is 5.54 Å². The van der Waals surface area contributed by atoms with Gasteiger partial charge in [0.15, 0.2) is 5.82 Å². The van der Waals surface area contributed by atoms with Gasteiger partial charge in [0.25, 0.3) is 0 Å². The summed E-state index contributed by atoms with van der Waals surface area (Å²) in [6, 6.07) is 10.6. The van der Waals surface area contributed by atoms with Crippen LogP contribution in [0.3, 0.4) is 0 Å². The van der Waals surface area contributed by atoms with E-state index in [1.54, 1.807) is 0 Å². The molecule has 0 bridgehead atoms. The molecule has 0 radical (unpaired) electrons. The number of benzene rings is 1. The second-order valence-corrected chi connectivity index (χ2v) is 8.32. The fourth-order valence-electron chi connectivity index (χ4n) is 3.71. The Balaban J connectivity index is 1.82. The predicted octanol–water partition coefficient (Wildman–Crippen LogP) is 2.31. The number of rotatable bonds is 3. The molecule has 2 aromatic heterocycles. The average molecular weight is 365 g/mol. The lowest BCUT2D eigenvalue weighted by molar-refractivity contribution is 0.118. The number of likely N-dealkylation sites (N-methyl/N-ethyl adjacent to an activating group) is 1. The quantitative estimate of drug-likeness (QED) is 0.710. The SMILES string of the molecule is CN1CCN([C@H](c2ccc3ncccc3c2)c2nnnn2C(C)(C)C)CC1. The summed E-state index contributed by atoms with van der Waals surface area (Å²) in [7, 11) is 2.17. The lowest BCUT2D eigenvalue weighted by atomic mass is 10.00. The van der Waals surface area contributed by atoms with Crippen LogP contribution in [0.25, 0.3) is 10.9 Å². The molecule has 0 amide bonds. The minimum absolute atomic E-state index is 0.0255. The van der Waals surface area contributed by atoms with E-state index in [-0.39, 0.29) is 11.6 Å². The van der Waals surface area contributed by atoms with E-state index in [0.29, 0.717) is 0 Å². The third-order valence-corrected chi connectivity index (χ3v) is 5.22. The van der Waals surface area contributed by atoms with Crippen molar-refractivity contribution in [3.8, 4) is 0 Å². The number of hydrogen-bond acceptors (Lipinski definition) is 6. The maximum absolute atomic E-state index is 4.46. The molecule has 3 aromatic rings. The van der Waals surface area contributed by atoms with Gasteiger partial charge in [0, 0.05) is 37.8 Å². The highest BCUT2D eigenvalue weighted by Gasteiger charge is 2.32. The van der Waals surface area contributed by atoms with Crippen LogP contribution < -0.4 is 0 Å². The first-order chi connectivity index (χ1) is 12.9. The first kappa shape index (κ1) is 18.0. The predicted molar refractivity (Wildman–Crippen MR) is 105 cm³/mol. The first-order valence-corrected chi connectivity index (χ1v) is 9.49. The van der Waals surface area contributed by atoms with Crippen LogP contribution in [-0.4, -0.2) is 68.2 Å². The summed E-state index contributed by atoms with van der Waals surface area (Å²) in [5.41, 5.74) is 2.04. The molecule has 0 aliphatic carbocycles. The Labute approximate surface area is 160 Å². The van der Waals surface area contributed by atoms with E-state index in [0.717, 1.165) is 42.9 Å². The first-order valence-electron chi connectivity index (χ1n) is 9.49. The molecule has 0 N–H and O–H groups in total. The highest BCUT2D eigenvalue weighted by molar-refractivity contribution is 5.79. The zero-order valence-corrected chi connectivity index (χ0v) is 16.5. The lowest BCUT2D eigenvalue weighted by Gasteiger charge is -2.38. The molecule has 142 valence electrons. The van der Waals surface area contributed by atoms with Gasteiger partial charge in [-0.1, -0.05) is 12.1 Å². The van der Waals surface area contributed by atoms with Crippen molar-refractivity contribution in [1.82, 2.24) is 35.0 Å². The number of hydrogen-bond donors (Lipinski definition) is 0. The van der Waals surface area contributed by atoms with Gasteiger partial charge < -0.3 is 4.90 Å². The van der Waals surface area contributed by atoms with Crippen LogP contribution in [0, 0.1) is 0 Å². The van der Waals surface area contributed by atoms with Crippen LogP contribution in [0.15, 0.2) is 36.5 Å². The second kappa shape index (κ2) is 6.98. The fourth-order valence-corrected chi connectivity index (χ4v) is 3.71. The smallest absolute Gasteiger partial charge is 0.173 e. The molecule has 0 spiro atoms. The van der Waals surface area contributed by atoms with Gasteiger partial charge >= 0.3 is 0 Å². The Hall–Kier alpha value is -2.38. The number of pyridine rings is 1. The van der Waals surface area contributed by atoms with Crippen molar-refractivity contribution in [2.75, 3.05) is 33.2 Å². The van der Waals surface area contributed by atoms with Crippen molar-refractivity contribution >= 4 is 10.9 Å². The summed E-state index contributed by atoms with van der Waals surface area (Å²) >= 11 is 0. The van der Waals surface area contributed by atoms with E-state index in [1.807, 2.05) is 16.9 Å². The highest BCUT2D eigenvalue weighted by Crippen LogP contribution is 2.31. The normalized spacial score (nSPS) is 18.1. The van der Waals surface area contributed by atoms with Gasteiger partial charge in [-0.25, -0.2) is 4.68 Å². The van der Waals surface area contributed by atoms with E-state index >= 15 is 0 Å². The van der Waals surface area contributed by atoms with E-state index in [2.05, 4.69) is 82.4 Å². The number of fused-ring (bicyclic) bond motifs is 1. The van der Waals surface area contributed by atoms with E-state index < -0.39 is 0 Å². The molecular formula is C20H27N7. The van der Waals surface area contributed by atoms with E-state index in [9.17, 15) is 0 Å². The van der Waals surface area contributed by atoms with Crippen molar-refractivity contribution < 1.29 is 0 Å². The topological polar surface area (TPSA) is 63.0 Å². The van der Waals surface area contributed by atoms with E-state index in [1.165, 1.54) is 5.56 Å². The highest BCUT2D eigenvalue weighted by atomic mass is 15.6. The van der Waals surface area contributed by atoms with Crippen molar-refractivity contribution in [3.05, 3.63) is 47.9 Å². The maximum atomic E-state index is 4.46. The maximum Gasteiger partial charge on any atom is 0.173 e. The second-order valence-electron chi connectivity index (χ2n) is 8.32. The van der Waals surface area contributed by atoms with Crippen molar-refractivity contribution in [1.29, 1.82) is 0 Å². The van der Waals surface area contributed by atoms with Crippen LogP contribution in [0.2, 0.25) is 0 Å². The van der Waals surface area contributed by atoms with Gasteiger partial charge in [0.05, 0.1) is 17.1 Å². The molecule has 1 atom stereocenters. The molecule has 27 heavy (non-hydrogen) atoms. The zero-order valence-electron chi connectivity index (χ0n) is 16.5. The number of piperazine rings is 1. The minimum atomic E-state index is -0.179. The van der Waals surface area contributed by atoms with Crippen LogP contribution in [0.4, 0.5) is 0 Å². The monoisotopic (exact) mass is 365 g/mol. The van der Waals surface area contributed by atoms with Crippen molar-refractivity contribution in [2.24, 2.45) is 0 Å². The molecule has 4 rings (SSSR count). The standard InChI is InChI=1S/C20H27N7/c1-20(2,3)27-19(22-23-24-27)18(26-12-10-25(4)11-13-26)16-7-8-17-15(14-16)6-5-9-21-17/h5-9,14,18H,10-13H2,1-4H3/t18-/m1/s1. The molecule has 0 saturated carbocycles. The minimum Gasteiger partial charge on any atom is -0.304 e. The molecule has 1 aliphatic heterocycles. The molecule has 7 nitrogen and oxygen atoms in total. The Kier molecular flexibility index (Phi) is 4.65. The van der Waals surface area contributed by atoms with Gasteiger partial charge in [0.2, 0.25) is 0 Å². The van der Waals surface area contributed by atoms with Crippen LogP contribution in [0.5, 0.6) is 0 Å². The molecule has 0 unspecified atom stereocenters. The Bertz CT molecular complexity index is 919. The van der Waals surface area contributed by atoms with Gasteiger partial charge in [-0.05, 0) is 62.0 Å². The van der Waals surface area contributed by atoms with Gasteiger partial charge in [0.1, 0.15) is 0 Å². The largest absolute Gasteiger partial charge is 0.304 e. The van der Waals surface area contributed by atoms with Gasteiger partial charge in [-0.3, -0.25) is 9.88 Å². The average Bonchev–Trinajstić information content (AvgIpc) is 3.13. The number of aromatic nitrogens is 5. The van der Waals surface area contributed by atoms with Crippen molar-refractivity contribution in [2.45, 2.75) is 32.4 Å². The third-order valence-electron chi connectivity index (χ3n) is 5.22. The number of nitrogens with zero attached hydrogens (tertiary/aromatic N) is 7. The summed E-state index contributed by atoms with van der Waals surface area (Å²) in [5.74, 6) is 0.898. The molecule has 7 heteroatoms. The Morgan fingerprint density at radius 3 is 2.56 bits per heavy atom. The molecular weight excluding hydrogens is 338 g/mol. The Morgan fingerprint density at radius 2 is 1.81 bits per heavy atom. The number of tetrazole rings is 1. The molecule has 1 saturated heterocycles. The Morgan fingerprint density at radius 1 is 1.04 bits per heavy atom. The summed E-state index contributed by atoms with van der Waals surface area (Å²) in [4.78, 5) is 9.32. The lowest BCUT2D eigenvalue weighted by Crippen LogP contribution is -2.47.